The highest BCUT2D eigenvalue weighted by molar-refractivity contribution is 7.47. The van der Waals surface area contributed by atoms with Gasteiger partial charge in [-0.25, -0.2) is 4.57 Å². The van der Waals surface area contributed by atoms with E-state index in [0.29, 0.717) is 23.9 Å². The molecule has 2 N–H and O–H groups in total. The number of phosphoric ester groups is 1. The second-order valence-electron chi connectivity index (χ2n) is 23.6. The van der Waals surface area contributed by atoms with E-state index in [9.17, 15) is 19.0 Å². The number of nitrogens with one attached hydrogen (secondary N) is 1. The summed E-state index contributed by atoms with van der Waals surface area (Å²) < 4.78 is 30.7. The van der Waals surface area contributed by atoms with Gasteiger partial charge in [-0.1, -0.05) is 265 Å². The fourth-order valence-electron chi connectivity index (χ4n) is 9.19. The van der Waals surface area contributed by atoms with Gasteiger partial charge in [0.25, 0.3) is 0 Å². The summed E-state index contributed by atoms with van der Waals surface area (Å²) in [6.07, 6.45) is 86.3. The molecule has 0 heterocycles. The van der Waals surface area contributed by atoms with E-state index in [2.05, 4.69) is 135 Å². The Morgan fingerprint density at radius 2 is 0.771 bits per heavy atom. The van der Waals surface area contributed by atoms with Crippen molar-refractivity contribution in [1.29, 1.82) is 0 Å². The van der Waals surface area contributed by atoms with Crippen LogP contribution in [0.25, 0.3) is 0 Å². The molecule has 10 heteroatoms. The molecule has 0 rings (SSSR count). The molecule has 1 amide bonds. The molecule has 476 valence electrons. The van der Waals surface area contributed by atoms with E-state index in [1.807, 2.05) is 33.3 Å². The molecule has 0 bridgehead atoms. The topological polar surface area (TPSA) is 111 Å². The molecule has 3 atom stereocenters. The summed E-state index contributed by atoms with van der Waals surface area (Å²) in [6, 6.07) is -0.871. The van der Waals surface area contributed by atoms with E-state index in [0.717, 1.165) is 122 Å². The predicted octanol–water partition coefficient (Wildman–Crippen LogP) is 21.4. The molecule has 3 unspecified atom stereocenters. The Hall–Kier alpha value is -3.59. The number of carbonyl (C=O) groups excluding carboxylic acids is 2. The molecule has 9 nitrogen and oxygen atoms in total. The third-order valence-electron chi connectivity index (χ3n) is 14.4. The highest BCUT2D eigenvalue weighted by Gasteiger charge is 2.30. The minimum atomic E-state index is -4.47. The quantitative estimate of drug-likeness (QED) is 0.0205. The van der Waals surface area contributed by atoms with Crippen LogP contribution in [0.15, 0.2) is 122 Å². The zero-order valence-corrected chi connectivity index (χ0v) is 55.3. The van der Waals surface area contributed by atoms with Crippen LogP contribution < -0.4 is 5.32 Å². The molecule has 0 aliphatic rings. The zero-order chi connectivity index (χ0) is 60.7. The van der Waals surface area contributed by atoms with Crippen molar-refractivity contribution in [2.45, 2.75) is 290 Å². The van der Waals surface area contributed by atoms with Gasteiger partial charge in [0.05, 0.1) is 33.8 Å². The van der Waals surface area contributed by atoms with E-state index in [1.165, 1.54) is 116 Å². The molecule has 0 saturated carbocycles. The third kappa shape index (κ3) is 62.8. The number of hydrogen-bond donors (Lipinski definition) is 2. The van der Waals surface area contributed by atoms with Gasteiger partial charge in [-0.05, 0) is 122 Å². The second-order valence-corrected chi connectivity index (χ2v) is 25.1. The Kier molecular flexibility index (Phi) is 58.8. The zero-order valence-electron chi connectivity index (χ0n) is 54.4. The van der Waals surface area contributed by atoms with Crippen LogP contribution in [-0.4, -0.2) is 74.3 Å². The molecule has 0 aromatic rings. The fraction of sp³-hybridized carbons (Fsp3) is 0.699. The van der Waals surface area contributed by atoms with Gasteiger partial charge in [0.15, 0.2) is 0 Å². The van der Waals surface area contributed by atoms with Gasteiger partial charge in [-0.15, -0.1) is 0 Å². The molecule has 0 saturated heterocycles. The van der Waals surface area contributed by atoms with E-state index >= 15 is 0 Å². The fourth-order valence-corrected chi connectivity index (χ4v) is 9.92. The number of unbranched alkanes of at least 4 members (excludes halogenated alkanes) is 26. The molecule has 83 heavy (non-hydrogen) atoms. The first-order chi connectivity index (χ1) is 40.4. The smallest absolute Gasteiger partial charge is 0.456 e. The van der Waals surface area contributed by atoms with Gasteiger partial charge in [-0.2, -0.15) is 0 Å². The molecular weight excluding hydrogens is 1050 g/mol. The number of nitrogens with zero attached hydrogens (tertiary/aromatic N) is 1. The second kappa shape index (κ2) is 61.5. The average molecular weight is 1180 g/mol. The lowest BCUT2D eigenvalue weighted by Gasteiger charge is -2.27. The van der Waals surface area contributed by atoms with Crippen molar-refractivity contribution in [3.8, 4) is 0 Å². The molecule has 0 spiro atoms. The lowest BCUT2D eigenvalue weighted by atomic mass is 10.0. The largest absolute Gasteiger partial charge is 0.472 e. The summed E-state index contributed by atoms with van der Waals surface area (Å²) in [4.78, 5) is 37.8. The maximum Gasteiger partial charge on any atom is 0.472 e. The Morgan fingerprint density at radius 1 is 0.434 bits per heavy atom. The number of quaternary nitrogens is 1. The number of phosphoric acid groups is 1. The summed E-state index contributed by atoms with van der Waals surface area (Å²) in [5, 5.41) is 3.05. The van der Waals surface area contributed by atoms with Crippen LogP contribution in [0.4, 0.5) is 0 Å². The molecule has 0 aromatic carbocycles. The van der Waals surface area contributed by atoms with Crippen molar-refractivity contribution in [2.24, 2.45) is 0 Å². The van der Waals surface area contributed by atoms with Crippen LogP contribution >= 0.6 is 7.82 Å². The van der Waals surface area contributed by atoms with Crippen molar-refractivity contribution in [2.75, 3.05) is 40.9 Å². The lowest BCUT2D eigenvalue weighted by molar-refractivity contribution is -0.870. The molecular formula is C73H128N2O7P+. The summed E-state index contributed by atoms with van der Waals surface area (Å²) in [7, 11) is 1.46. The number of esters is 1. The highest BCUT2D eigenvalue weighted by atomic mass is 31.2. The minimum Gasteiger partial charge on any atom is -0.456 e. The highest BCUT2D eigenvalue weighted by Crippen LogP contribution is 2.43. The molecule has 0 aromatic heterocycles. The lowest BCUT2D eigenvalue weighted by Crippen LogP contribution is -2.47. The van der Waals surface area contributed by atoms with Crippen LogP contribution in [0, 0.1) is 0 Å². The van der Waals surface area contributed by atoms with Gasteiger partial charge in [0.1, 0.15) is 19.3 Å². The van der Waals surface area contributed by atoms with Crippen LogP contribution in [0.3, 0.4) is 0 Å². The van der Waals surface area contributed by atoms with Gasteiger partial charge >= 0.3 is 13.8 Å². The van der Waals surface area contributed by atoms with Crippen molar-refractivity contribution >= 4 is 19.7 Å². The van der Waals surface area contributed by atoms with Crippen LogP contribution in [0.1, 0.15) is 278 Å². The Bertz CT molecular complexity index is 1830. The van der Waals surface area contributed by atoms with Crippen LogP contribution in [0.2, 0.25) is 0 Å². The Morgan fingerprint density at radius 3 is 1.19 bits per heavy atom. The van der Waals surface area contributed by atoms with Crippen LogP contribution in [0.5, 0.6) is 0 Å². The summed E-state index contributed by atoms with van der Waals surface area (Å²) in [5.74, 6) is -0.549. The van der Waals surface area contributed by atoms with Crippen molar-refractivity contribution in [3.05, 3.63) is 122 Å². The first-order valence-corrected chi connectivity index (χ1v) is 35.4. The van der Waals surface area contributed by atoms with E-state index in [-0.39, 0.29) is 31.5 Å². The van der Waals surface area contributed by atoms with E-state index in [4.69, 9.17) is 13.8 Å². The molecule has 0 aliphatic heterocycles. The monoisotopic (exact) mass is 1180 g/mol. The maximum atomic E-state index is 13.6. The Balaban J connectivity index is 5.12. The number of likely N-dealkylation sites (N-methyl/N-ethyl adjacent to an activating group) is 1. The SMILES string of the molecule is CC/C=C\C/C=C\C/C=C\C/C=C\C/C=C\CCCCCCCCCCCCCC(=O)NC(COP(=O)(O)OCC[N+](C)(C)C)C(/C=C\CCCCCCCCCCC)OC(=O)CCCCC/C=C\C/C=C\C/C=C\C/C=C\CCCCC. The van der Waals surface area contributed by atoms with E-state index < -0.39 is 20.0 Å². The summed E-state index contributed by atoms with van der Waals surface area (Å²) in [5.41, 5.74) is 0. The van der Waals surface area contributed by atoms with Gasteiger partial charge in [0.2, 0.25) is 5.91 Å². The first-order valence-electron chi connectivity index (χ1n) is 33.9. The summed E-state index contributed by atoms with van der Waals surface area (Å²) in [6.45, 7) is 6.84. The van der Waals surface area contributed by atoms with Gasteiger partial charge < -0.3 is 19.4 Å². The van der Waals surface area contributed by atoms with Gasteiger partial charge in [-0.3, -0.25) is 18.6 Å². The number of carbonyl (C=O) groups is 2. The number of rotatable bonds is 60. The third-order valence-corrected chi connectivity index (χ3v) is 15.4. The van der Waals surface area contributed by atoms with Crippen molar-refractivity contribution in [3.63, 3.8) is 0 Å². The number of allylic oxidation sites excluding steroid dienone is 19. The van der Waals surface area contributed by atoms with Crippen molar-refractivity contribution in [1.82, 2.24) is 5.32 Å². The molecule has 0 fully saturated rings. The standard InChI is InChI=1S/C73H127N2O7P/c1-7-10-13-16-19-22-25-27-29-31-33-34-35-36-37-38-39-40-42-43-45-47-50-53-56-59-62-65-72(76)74-70(69-81-83(78,79)80-68-67-75(4,5)6)71(64-61-58-55-52-49-24-21-18-15-12-9-3)82-73(77)66-63-60-57-54-51-48-46-44-41-32-30-28-26-23-20-17-14-11-8-2/h10,13,19-20,22-23,27-30,33-34,36-37,41,44,48,51,61,64,70-71H,7-9,11-12,14-18,21,24-26,31-32,35,38-40,42-43,45-47,49-50,52-60,62-63,65-69H2,1-6H3,(H-,74,76,78,79)/p+1/b13-10-,22-19-,23-20-,29-27-,30-28-,34-33-,37-36-,44-41-,51-48-,64-61-. The van der Waals surface area contributed by atoms with Crippen LogP contribution in [-0.2, 0) is 27.9 Å². The summed E-state index contributed by atoms with van der Waals surface area (Å²) >= 11 is 0. The maximum absolute atomic E-state index is 13.6. The average Bonchev–Trinajstić information content (AvgIpc) is 3.51. The predicted molar refractivity (Wildman–Crippen MR) is 360 cm³/mol. The Labute approximate surface area is 512 Å². The van der Waals surface area contributed by atoms with Crippen molar-refractivity contribution < 1.29 is 37.3 Å². The van der Waals surface area contributed by atoms with E-state index in [1.54, 1.807) is 0 Å². The minimum absolute atomic E-state index is 0.0285. The normalized spacial score (nSPS) is 14.3. The number of amides is 1. The first kappa shape index (κ1) is 79.4. The number of hydrogen-bond acceptors (Lipinski definition) is 6. The molecule has 0 radical (unpaired) electrons. The number of ether oxygens (including phenoxy) is 1. The molecule has 0 aliphatic carbocycles. The van der Waals surface area contributed by atoms with Gasteiger partial charge in [0, 0.05) is 12.8 Å².